The smallest absolute Gasteiger partial charge is 0.215 e. The zero-order valence-electron chi connectivity index (χ0n) is 12.5. The average molecular weight is 312 g/mol. The Morgan fingerprint density at radius 2 is 1.76 bits per heavy atom. The van der Waals surface area contributed by atoms with Crippen molar-refractivity contribution in [2.75, 3.05) is 19.8 Å². The Balaban J connectivity index is 1.91. The zero-order valence-corrected chi connectivity index (χ0v) is 13.3. The minimum Gasteiger partial charge on any atom is -0.381 e. The van der Waals surface area contributed by atoms with Gasteiger partial charge in [0.05, 0.1) is 5.75 Å². The molecule has 1 aliphatic heterocycles. The fourth-order valence-electron chi connectivity index (χ4n) is 2.37. The molecule has 0 saturated carbocycles. The molecule has 1 saturated heterocycles. The van der Waals surface area contributed by atoms with E-state index in [4.69, 9.17) is 10.5 Å². The number of hydrogen-bond acceptors (Lipinski definition) is 4. The van der Waals surface area contributed by atoms with Gasteiger partial charge in [0.1, 0.15) is 0 Å². The van der Waals surface area contributed by atoms with Crippen LogP contribution in [-0.4, -0.2) is 28.2 Å². The van der Waals surface area contributed by atoms with Crippen molar-refractivity contribution in [3.8, 4) is 0 Å². The van der Waals surface area contributed by atoms with Crippen molar-refractivity contribution in [1.29, 1.82) is 0 Å². The molecule has 1 fully saturated rings. The van der Waals surface area contributed by atoms with Gasteiger partial charge in [0, 0.05) is 26.3 Å². The molecule has 1 aromatic rings. The predicted molar refractivity (Wildman–Crippen MR) is 83.1 cm³/mol. The summed E-state index contributed by atoms with van der Waals surface area (Å²) in [5.74, 6) is 0.00440. The Morgan fingerprint density at radius 1 is 1.19 bits per heavy atom. The quantitative estimate of drug-likeness (QED) is 0.831. The molecule has 5 nitrogen and oxygen atoms in total. The van der Waals surface area contributed by atoms with E-state index >= 15 is 0 Å². The van der Waals surface area contributed by atoms with E-state index in [1.807, 2.05) is 24.3 Å². The topological polar surface area (TPSA) is 81.4 Å². The summed E-state index contributed by atoms with van der Waals surface area (Å²) in [6.07, 6.45) is 1.78. The highest BCUT2D eigenvalue weighted by atomic mass is 32.2. The molecule has 0 aliphatic carbocycles. The molecule has 0 unspecified atom stereocenters. The van der Waals surface area contributed by atoms with Crippen molar-refractivity contribution in [1.82, 2.24) is 4.72 Å². The SMILES string of the molecule is CC1(CNS(=O)(=O)Cc2ccc(CN)cc2)CCOCC1. The first-order valence-electron chi connectivity index (χ1n) is 7.25. The molecule has 0 bridgehead atoms. The molecule has 0 radical (unpaired) electrons. The van der Waals surface area contributed by atoms with Crippen molar-refractivity contribution in [3.05, 3.63) is 35.4 Å². The van der Waals surface area contributed by atoms with Gasteiger partial charge in [0.25, 0.3) is 0 Å². The Hall–Kier alpha value is -0.950. The van der Waals surface area contributed by atoms with Crippen molar-refractivity contribution in [3.63, 3.8) is 0 Å². The molecule has 118 valence electrons. The minimum atomic E-state index is -3.31. The molecule has 2 rings (SSSR count). The van der Waals surface area contributed by atoms with Crippen LogP contribution >= 0.6 is 0 Å². The lowest BCUT2D eigenvalue weighted by Crippen LogP contribution is -2.39. The van der Waals surface area contributed by atoms with Gasteiger partial charge in [-0.05, 0) is 29.4 Å². The van der Waals surface area contributed by atoms with E-state index in [0.717, 1.165) is 24.0 Å². The van der Waals surface area contributed by atoms with Crippen LogP contribution < -0.4 is 10.5 Å². The van der Waals surface area contributed by atoms with E-state index in [2.05, 4.69) is 11.6 Å². The van der Waals surface area contributed by atoms with Gasteiger partial charge in [-0.15, -0.1) is 0 Å². The molecule has 0 spiro atoms. The number of sulfonamides is 1. The zero-order chi connectivity index (χ0) is 15.3. The standard InChI is InChI=1S/C15H24N2O3S/c1-15(6-8-20-9-7-15)12-17-21(18,19)11-14-4-2-13(10-16)3-5-14/h2-5,17H,6-12,16H2,1H3. The lowest BCUT2D eigenvalue weighted by Gasteiger charge is -2.33. The third-order valence-corrected chi connectivity index (χ3v) is 5.33. The van der Waals surface area contributed by atoms with Gasteiger partial charge >= 0.3 is 0 Å². The summed E-state index contributed by atoms with van der Waals surface area (Å²) in [5, 5.41) is 0. The third-order valence-electron chi connectivity index (χ3n) is 4.03. The molecule has 1 aliphatic rings. The molecule has 0 aromatic heterocycles. The summed E-state index contributed by atoms with van der Waals surface area (Å²) in [6.45, 7) is 4.46. The Bertz CT molecular complexity index is 549. The van der Waals surface area contributed by atoms with E-state index in [-0.39, 0.29) is 11.2 Å². The summed E-state index contributed by atoms with van der Waals surface area (Å²) < 4.78 is 32.4. The van der Waals surface area contributed by atoms with Crippen molar-refractivity contribution >= 4 is 10.0 Å². The molecule has 6 heteroatoms. The monoisotopic (exact) mass is 312 g/mol. The maximum absolute atomic E-state index is 12.2. The van der Waals surface area contributed by atoms with Crippen molar-refractivity contribution in [2.24, 2.45) is 11.1 Å². The fourth-order valence-corrected chi connectivity index (χ4v) is 3.67. The van der Waals surface area contributed by atoms with Crippen LogP contribution in [0.5, 0.6) is 0 Å². The van der Waals surface area contributed by atoms with E-state index in [9.17, 15) is 8.42 Å². The fraction of sp³-hybridized carbons (Fsp3) is 0.600. The molecule has 21 heavy (non-hydrogen) atoms. The summed E-state index contributed by atoms with van der Waals surface area (Å²) in [7, 11) is -3.31. The van der Waals surface area contributed by atoms with Crippen molar-refractivity contribution in [2.45, 2.75) is 32.1 Å². The van der Waals surface area contributed by atoms with E-state index in [0.29, 0.717) is 26.3 Å². The first-order valence-corrected chi connectivity index (χ1v) is 8.91. The van der Waals surface area contributed by atoms with Gasteiger partial charge in [-0.2, -0.15) is 0 Å². The maximum atomic E-state index is 12.2. The maximum Gasteiger partial charge on any atom is 0.215 e. The van der Waals surface area contributed by atoms with Gasteiger partial charge in [-0.25, -0.2) is 13.1 Å². The lowest BCUT2D eigenvalue weighted by atomic mass is 9.83. The summed E-state index contributed by atoms with van der Waals surface area (Å²) >= 11 is 0. The Kier molecular flexibility index (Phi) is 5.37. The van der Waals surface area contributed by atoms with Crippen LogP contribution in [0.1, 0.15) is 30.9 Å². The number of ether oxygens (including phenoxy) is 1. The van der Waals surface area contributed by atoms with Gasteiger partial charge in [0.15, 0.2) is 0 Å². The molecular weight excluding hydrogens is 288 g/mol. The number of hydrogen-bond donors (Lipinski definition) is 2. The Labute approximate surface area is 126 Å². The molecule has 1 heterocycles. The van der Waals surface area contributed by atoms with Crippen LogP contribution in [0.25, 0.3) is 0 Å². The van der Waals surface area contributed by atoms with Crippen LogP contribution in [0.4, 0.5) is 0 Å². The molecule has 3 N–H and O–H groups in total. The molecule has 0 amide bonds. The summed E-state index contributed by atoms with van der Waals surface area (Å²) in [5.41, 5.74) is 7.30. The van der Waals surface area contributed by atoms with Gasteiger partial charge in [0.2, 0.25) is 10.0 Å². The van der Waals surface area contributed by atoms with Crippen LogP contribution in [0.2, 0.25) is 0 Å². The molecular formula is C15H24N2O3S. The number of nitrogens with two attached hydrogens (primary N) is 1. The van der Waals surface area contributed by atoms with Crippen LogP contribution in [0.15, 0.2) is 24.3 Å². The largest absolute Gasteiger partial charge is 0.381 e. The van der Waals surface area contributed by atoms with E-state index in [1.165, 1.54) is 0 Å². The van der Waals surface area contributed by atoms with E-state index < -0.39 is 10.0 Å². The predicted octanol–water partition coefficient (Wildman–Crippen LogP) is 1.38. The normalized spacial score (nSPS) is 18.6. The van der Waals surface area contributed by atoms with Crippen LogP contribution in [0.3, 0.4) is 0 Å². The van der Waals surface area contributed by atoms with Gasteiger partial charge in [-0.3, -0.25) is 0 Å². The number of rotatable bonds is 6. The highest BCUT2D eigenvalue weighted by molar-refractivity contribution is 7.88. The molecule has 0 atom stereocenters. The highest BCUT2D eigenvalue weighted by Gasteiger charge is 2.28. The first-order chi connectivity index (χ1) is 9.92. The van der Waals surface area contributed by atoms with Crippen LogP contribution in [-0.2, 0) is 27.1 Å². The average Bonchev–Trinajstić information content (AvgIpc) is 2.47. The Morgan fingerprint density at radius 3 is 2.33 bits per heavy atom. The number of nitrogens with one attached hydrogen (secondary N) is 1. The summed E-state index contributed by atoms with van der Waals surface area (Å²) in [4.78, 5) is 0. The summed E-state index contributed by atoms with van der Waals surface area (Å²) in [6, 6.07) is 7.37. The third kappa shape index (κ3) is 5.07. The second kappa shape index (κ2) is 6.87. The van der Waals surface area contributed by atoms with Gasteiger partial charge in [-0.1, -0.05) is 31.2 Å². The first kappa shape index (κ1) is 16.4. The van der Waals surface area contributed by atoms with E-state index in [1.54, 1.807) is 0 Å². The second-order valence-corrected chi connectivity index (χ2v) is 7.83. The van der Waals surface area contributed by atoms with Gasteiger partial charge < -0.3 is 10.5 Å². The number of benzene rings is 1. The molecule has 1 aromatic carbocycles. The van der Waals surface area contributed by atoms with Crippen molar-refractivity contribution < 1.29 is 13.2 Å². The lowest BCUT2D eigenvalue weighted by molar-refractivity contribution is 0.0264. The second-order valence-electron chi connectivity index (χ2n) is 6.02. The minimum absolute atomic E-state index is 0.00440. The highest BCUT2D eigenvalue weighted by Crippen LogP contribution is 2.28. The van der Waals surface area contributed by atoms with Crippen LogP contribution in [0, 0.1) is 5.41 Å².